The highest BCUT2D eigenvalue weighted by atomic mass is 19.1. The first-order chi connectivity index (χ1) is 19.2. The Morgan fingerprint density at radius 1 is 0.950 bits per heavy atom. The van der Waals surface area contributed by atoms with Crippen LogP contribution in [0.3, 0.4) is 0 Å². The molecule has 0 bridgehead atoms. The van der Waals surface area contributed by atoms with Gasteiger partial charge >= 0.3 is 5.97 Å². The summed E-state index contributed by atoms with van der Waals surface area (Å²) in [4.78, 5) is 38.5. The molecule has 40 heavy (non-hydrogen) atoms. The monoisotopic (exact) mass is 552 g/mol. The van der Waals surface area contributed by atoms with Crippen LogP contribution < -0.4 is 10.6 Å². The Morgan fingerprint density at radius 3 is 2.25 bits per heavy atom. The lowest BCUT2D eigenvalue weighted by Gasteiger charge is -2.22. The third-order valence-corrected chi connectivity index (χ3v) is 6.48. The van der Waals surface area contributed by atoms with Crippen molar-refractivity contribution in [2.24, 2.45) is 11.8 Å². The number of halogens is 1. The first-order valence-electron chi connectivity index (χ1n) is 13.6. The molecule has 0 aliphatic heterocycles. The molecule has 0 saturated carbocycles. The summed E-state index contributed by atoms with van der Waals surface area (Å²) >= 11 is 0. The second kappa shape index (κ2) is 17.7. The molecule has 0 aliphatic rings. The summed E-state index contributed by atoms with van der Waals surface area (Å²) in [6.45, 7) is 8.87. The molecule has 0 aliphatic carbocycles. The molecule has 0 radical (unpaired) electrons. The molecule has 0 spiro atoms. The van der Waals surface area contributed by atoms with Gasteiger partial charge in [-0.15, -0.1) is 13.2 Å². The van der Waals surface area contributed by atoms with Crippen molar-refractivity contribution < 1.29 is 28.6 Å². The fourth-order valence-electron chi connectivity index (χ4n) is 4.31. The van der Waals surface area contributed by atoms with Crippen molar-refractivity contribution in [3.05, 3.63) is 96.9 Å². The van der Waals surface area contributed by atoms with Crippen molar-refractivity contribution in [3.8, 4) is 0 Å². The molecule has 7 nitrogen and oxygen atoms in total. The van der Waals surface area contributed by atoms with E-state index < -0.39 is 29.9 Å². The van der Waals surface area contributed by atoms with Gasteiger partial charge < -0.3 is 20.5 Å². The number of carbonyl (C=O) groups excluding carboxylic acids is 3. The van der Waals surface area contributed by atoms with Crippen LogP contribution >= 0.6 is 0 Å². The van der Waals surface area contributed by atoms with E-state index in [9.17, 15) is 23.9 Å². The highest BCUT2D eigenvalue weighted by Gasteiger charge is 2.25. The van der Waals surface area contributed by atoms with E-state index in [-0.39, 0.29) is 43.7 Å². The normalized spacial score (nSPS) is 13.8. The Bertz CT molecular complexity index is 1090. The SMILES string of the molecule is C=CCC[C@H](Cc1ccc(F)cc1)C(=O)OC[C@@H](C)NC(=O)[C@@H](CC=C)CC(=O)N[C@@H](CO)Cc1ccccc1. The number of aliphatic hydroxyl groups excluding tert-OH is 1. The van der Waals surface area contributed by atoms with Crippen molar-refractivity contribution in [3.63, 3.8) is 0 Å². The zero-order valence-corrected chi connectivity index (χ0v) is 23.2. The highest BCUT2D eigenvalue weighted by molar-refractivity contribution is 5.86. The summed E-state index contributed by atoms with van der Waals surface area (Å²) in [6, 6.07) is 14.6. The third kappa shape index (κ3) is 11.9. The van der Waals surface area contributed by atoms with Crippen LogP contribution in [0.25, 0.3) is 0 Å². The molecule has 2 aromatic rings. The second-order valence-corrected chi connectivity index (χ2v) is 10.00. The molecule has 4 atom stereocenters. The summed E-state index contributed by atoms with van der Waals surface area (Å²) in [5.74, 6) is -2.53. The van der Waals surface area contributed by atoms with Gasteiger partial charge in [0.15, 0.2) is 0 Å². The Kier molecular flexibility index (Phi) is 14.4. The Morgan fingerprint density at radius 2 is 1.62 bits per heavy atom. The summed E-state index contributed by atoms with van der Waals surface area (Å²) in [5, 5.41) is 15.3. The summed E-state index contributed by atoms with van der Waals surface area (Å²) in [6.07, 6.45) is 5.56. The van der Waals surface area contributed by atoms with Crippen molar-refractivity contribution in [2.45, 2.75) is 57.5 Å². The van der Waals surface area contributed by atoms with Gasteiger partial charge in [-0.3, -0.25) is 14.4 Å². The van der Waals surface area contributed by atoms with Gasteiger partial charge in [-0.1, -0.05) is 54.6 Å². The fraction of sp³-hybridized carbons (Fsp3) is 0.406. The van der Waals surface area contributed by atoms with Gasteiger partial charge in [0.1, 0.15) is 12.4 Å². The molecule has 0 saturated heterocycles. The van der Waals surface area contributed by atoms with Gasteiger partial charge in [0.25, 0.3) is 0 Å². The minimum atomic E-state index is -0.662. The van der Waals surface area contributed by atoms with Gasteiger partial charge in [0.05, 0.1) is 30.5 Å². The molecule has 2 aromatic carbocycles. The standard InChI is InChI=1S/C32H41FN2O5/c1-4-6-13-27(18-25-14-16-28(33)17-15-25)32(39)40-22-23(3)34-31(38)26(10-5-2)20-30(37)35-29(21-36)19-24-11-8-7-9-12-24/h4-5,7-9,11-12,14-17,23,26-27,29,36H,1-2,6,10,13,18-22H2,3H3,(H,34,38)(H,35,37)/t23-,26+,27-,29-/m1/s1. The number of benzene rings is 2. The molecular weight excluding hydrogens is 511 g/mol. The molecular formula is C32H41FN2O5. The number of amides is 2. The lowest BCUT2D eigenvalue weighted by molar-refractivity contribution is -0.150. The maximum absolute atomic E-state index is 13.2. The van der Waals surface area contributed by atoms with Gasteiger partial charge in [-0.05, 0) is 62.3 Å². The molecule has 3 N–H and O–H groups in total. The first-order valence-corrected chi connectivity index (χ1v) is 13.6. The maximum Gasteiger partial charge on any atom is 0.309 e. The minimum absolute atomic E-state index is 0.0325. The van der Waals surface area contributed by atoms with Crippen LogP contribution in [0.4, 0.5) is 4.39 Å². The molecule has 8 heteroatoms. The Balaban J connectivity index is 1.88. The van der Waals surface area contributed by atoms with E-state index in [0.29, 0.717) is 25.7 Å². The Labute approximate surface area is 236 Å². The summed E-state index contributed by atoms with van der Waals surface area (Å²) in [7, 11) is 0. The van der Waals surface area contributed by atoms with E-state index in [1.807, 2.05) is 30.3 Å². The van der Waals surface area contributed by atoms with E-state index in [1.165, 1.54) is 12.1 Å². The van der Waals surface area contributed by atoms with E-state index in [4.69, 9.17) is 4.74 Å². The van der Waals surface area contributed by atoms with Crippen LogP contribution in [0.5, 0.6) is 0 Å². The van der Waals surface area contributed by atoms with E-state index in [1.54, 1.807) is 31.2 Å². The van der Waals surface area contributed by atoms with Crippen LogP contribution in [0.1, 0.15) is 43.7 Å². The zero-order valence-electron chi connectivity index (χ0n) is 23.2. The highest BCUT2D eigenvalue weighted by Crippen LogP contribution is 2.18. The van der Waals surface area contributed by atoms with Gasteiger partial charge in [-0.2, -0.15) is 0 Å². The smallest absolute Gasteiger partial charge is 0.309 e. The zero-order chi connectivity index (χ0) is 29.3. The van der Waals surface area contributed by atoms with Crippen LogP contribution in [0, 0.1) is 17.7 Å². The minimum Gasteiger partial charge on any atom is -0.463 e. The molecule has 0 fully saturated rings. The molecule has 0 aromatic heterocycles. The lowest BCUT2D eigenvalue weighted by atomic mass is 9.95. The van der Waals surface area contributed by atoms with Gasteiger partial charge in [0, 0.05) is 6.42 Å². The van der Waals surface area contributed by atoms with Gasteiger partial charge in [-0.25, -0.2) is 4.39 Å². The topological polar surface area (TPSA) is 105 Å². The van der Waals surface area contributed by atoms with E-state index in [0.717, 1.165) is 11.1 Å². The number of ether oxygens (including phenoxy) is 1. The van der Waals surface area contributed by atoms with E-state index in [2.05, 4.69) is 23.8 Å². The Hall–Kier alpha value is -3.78. The summed E-state index contributed by atoms with van der Waals surface area (Å²) in [5.41, 5.74) is 1.81. The third-order valence-electron chi connectivity index (χ3n) is 6.48. The predicted octanol–water partition coefficient (Wildman–Crippen LogP) is 4.30. The van der Waals surface area contributed by atoms with Crippen LogP contribution in [-0.4, -0.2) is 48.2 Å². The first kappa shape index (κ1) is 32.4. The predicted molar refractivity (Wildman–Crippen MR) is 154 cm³/mol. The number of allylic oxidation sites excluding steroid dienone is 2. The second-order valence-electron chi connectivity index (χ2n) is 10.00. The average Bonchev–Trinajstić information content (AvgIpc) is 2.94. The van der Waals surface area contributed by atoms with Crippen molar-refractivity contribution >= 4 is 17.8 Å². The van der Waals surface area contributed by atoms with Crippen molar-refractivity contribution in [1.82, 2.24) is 10.6 Å². The number of hydrogen-bond acceptors (Lipinski definition) is 5. The largest absolute Gasteiger partial charge is 0.463 e. The summed E-state index contributed by atoms with van der Waals surface area (Å²) < 4.78 is 18.8. The van der Waals surface area contributed by atoms with Crippen molar-refractivity contribution in [2.75, 3.05) is 13.2 Å². The lowest BCUT2D eigenvalue weighted by Crippen LogP contribution is -2.44. The van der Waals surface area contributed by atoms with Crippen molar-refractivity contribution in [1.29, 1.82) is 0 Å². The molecule has 0 unspecified atom stereocenters. The molecule has 2 amide bonds. The van der Waals surface area contributed by atoms with Crippen LogP contribution in [0.2, 0.25) is 0 Å². The van der Waals surface area contributed by atoms with Crippen LogP contribution in [-0.2, 0) is 32.0 Å². The number of hydrogen-bond donors (Lipinski definition) is 3. The average molecular weight is 553 g/mol. The quantitative estimate of drug-likeness (QED) is 0.189. The number of nitrogens with one attached hydrogen (secondary N) is 2. The molecule has 2 rings (SSSR count). The maximum atomic E-state index is 13.2. The van der Waals surface area contributed by atoms with Crippen LogP contribution in [0.15, 0.2) is 79.9 Å². The number of esters is 1. The number of carbonyl (C=O) groups is 3. The molecule has 0 heterocycles. The van der Waals surface area contributed by atoms with E-state index >= 15 is 0 Å². The number of aliphatic hydroxyl groups is 1. The molecule has 216 valence electrons. The fourth-order valence-corrected chi connectivity index (χ4v) is 4.31. The number of rotatable bonds is 18. The van der Waals surface area contributed by atoms with Gasteiger partial charge in [0.2, 0.25) is 11.8 Å².